The van der Waals surface area contributed by atoms with Gasteiger partial charge in [-0.1, -0.05) is 6.92 Å². The van der Waals surface area contributed by atoms with Gasteiger partial charge in [0.15, 0.2) is 0 Å². The zero-order chi connectivity index (χ0) is 9.56. The Kier molecular flexibility index (Phi) is 5.03. The van der Waals surface area contributed by atoms with Crippen LogP contribution in [0, 0.1) is 0 Å². The Morgan fingerprint density at radius 3 is 2.50 bits per heavy atom. The summed E-state index contributed by atoms with van der Waals surface area (Å²) in [5.74, 6) is -2.38. The number of carbonyl (C=O) groups is 2. The number of nitrogens with one attached hydrogen (secondary N) is 1. The van der Waals surface area contributed by atoms with Crippen molar-refractivity contribution in [3.05, 3.63) is 0 Å². The number of nitrogens with zero attached hydrogens (tertiary/aromatic N) is 1. The number of carbonyl (C=O) groups excluding carboxylic acids is 1. The third-order valence-corrected chi connectivity index (χ3v) is 1.51. The lowest BCUT2D eigenvalue weighted by Crippen LogP contribution is -2.36. The van der Waals surface area contributed by atoms with Crippen molar-refractivity contribution < 1.29 is 14.7 Å². The Labute approximate surface area is 71.4 Å². The van der Waals surface area contributed by atoms with Crippen molar-refractivity contribution in [1.82, 2.24) is 10.2 Å². The maximum Gasteiger partial charge on any atom is 0.394 e. The average Bonchev–Trinajstić information content (AvgIpc) is 2.03. The van der Waals surface area contributed by atoms with E-state index in [9.17, 15) is 9.59 Å². The highest BCUT2D eigenvalue weighted by atomic mass is 16.4. The van der Waals surface area contributed by atoms with E-state index in [1.54, 1.807) is 0 Å². The van der Waals surface area contributed by atoms with Gasteiger partial charge in [0.05, 0.1) is 0 Å². The first kappa shape index (κ1) is 10.9. The van der Waals surface area contributed by atoms with Crippen molar-refractivity contribution in [2.75, 3.05) is 26.7 Å². The highest BCUT2D eigenvalue weighted by molar-refractivity contribution is 6.31. The second-order valence-electron chi connectivity index (χ2n) is 2.46. The van der Waals surface area contributed by atoms with Crippen LogP contribution < -0.4 is 5.32 Å². The molecule has 0 saturated carbocycles. The van der Waals surface area contributed by atoms with Crippen LogP contribution in [0.1, 0.15) is 6.92 Å². The molecule has 0 spiro atoms. The fraction of sp³-hybridized carbons (Fsp3) is 0.714. The van der Waals surface area contributed by atoms with Crippen LogP contribution in [0.3, 0.4) is 0 Å². The molecule has 0 atom stereocenters. The van der Waals surface area contributed by atoms with Crippen molar-refractivity contribution in [2.45, 2.75) is 6.92 Å². The third kappa shape index (κ3) is 4.68. The van der Waals surface area contributed by atoms with Gasteiger partial charge < -0.3 is 15.3 Å². The predicted octanol–water partition coefficient (Wildman–Crippen LogP) is -0.861. The SMILES string of the molecule is CCN(C)CCNC(=O)C(=O)O. The number of carboxylic acids is 1. The molecule has 0 aliphatic carbocycles. The van der Waals surface area contributed by atoms with E-state index in [4.69, 9.17) is 5.11 Å². The van der Waals surface area contributed by atoms with Crippen molar-refractivity contribution in [3.63, 3.8) is 0 Å². The zero-order valence-electron chi connectivity index (χ0n) is 7.33. The molecule has 0 unspecified atom stereocenters. The monoisotopic (exact) mass is 174 g/mol. The third-order valence-electron chi connectivity index (χ3n) is 1.51. The summed E-state index contributed by atoms with van der Waals surface area (Å²) in [6.07, 6.45) is 0. The van der Waals surface area contributed by atoms with Gasteiger partial charge in [-0.25, -0.2) is 4.79 Å². The van der Waals surface area contributed by atoms with Gasteiger partial charge in [-0.2, -0.15) is 0 Å². The number of aliphatic carboxylic acids is 1. The van der Waals surface area contributed by atoms with E-state index in [0.29, 0.717) is 13.1 Å². The number of hydrogen-bond acceptors (Lipinski definition) is 3. The number of carboxylic acid groups (broad SMARTS) is 1. The molecule has 0 aromatic carbocycles. The van der Waals surface area contributed by atoms with Crippen LogP contribution in [0.5, 0.6) is 0 Å². The standard InChI is InChI=1S/C7H14N2O3/c1-3-9(2)5-4-8-6(10)7(11)12/h3-5H2,1-2H3,(H,8,10)(H,11,12). The summed E-state index contributed by atoms with van der Waals surface area (Å²) in [4.78, 5) is 22.5. The van der Waals surface area contributed by atoms with Gasteiger partial charge in [0, 0.05) is 13.1 Å². The fourth-order valence-corrected chi connectivity index (χ4v) is 0.594. The molecule has 0 rings (SSSR count). The van der Waals surface area contributed by atoms with E-state index in [1.165, 1.54) is 0 Å². The van der Waals surface area contributed by atoms with Crippen LogP contribution in [-0.2, 0) is 9.59 Å². The van der Waals surface area contributed by atoms with Gasteiger partial charge in [-0.05, 0) is 13.6 Å². The number of likely N-dealkylation sites (N-methyl/N-ethyl adjacent to an activating group) is 1. The van der Waals surface area contributed by atoms with Crippen molar-refractivity contribution >= 4 is 11.9 Å². The molecule has 0 heterocycles. The van der Waals surface area contributed by atoms with E-state index in [0.717, 1.165) is 6.54 Å². The maximum absolute atomic E-state index is 10.5. The van der Waals surface area contributed by atoms with Crippen LogP contribution in [0.15, 0.2) is 0 Å². The summed E-state index contributed by atoms with van der Waals surface area (Å²) in [6, 6.07) is 0. The minimum atomic E-state index is -1.44. The highest BCUT2D eigenvalue weighted by Gasteiger charge is 2.09. The lowest BCUT2D eigenvalue weighted by Gasteiger charge is -2.12. The molecule has 0 bridgehead atoms. The van der Waals surface area contributed by atoms with Crippen LogP contribution in [0.4, 0.5) is 0 Å². The van der Waals surface area contributed by atoms with Gasteiger partial charge in [-0.3, -0.25) is 4.79 Å². The molecule has 70 valence electrons. The molecule has 0 saturated heterocycles. The molecular formula is C7H14N2O3. The summed E-state index contributed by atoms with van der Waals surface area (Å²) in [7, 11) is 1.90. The van der Waals surface area contributed by atoms with E-state index in [2.05, 4.69) is 5.32 Å². The van der Waals surface area contributed by atoms with Gasteiger partial charge >= 0.3 is 11.9 Å². The van der Waals surface area contributed by atoms with E-state index < -0.39 is 11.9 Å². The minimum absolute atomic E-state index is 0.371. The summed E-state index contributed by atoms with van der Waals surface area (Å²) >= 11 is 0. The van der Waals surface area contributed by atoms with E-state index in [1.807, 2.05) is 18.9 Å². The van der Waals surface area contributed by atoms with Gasteiger partial charge in [0.2, 0.25) is 0 Å². The summed E-state index contributed by atoms with van der Waals surface area (Å²) < 4.78 is 0. The van der Waals surface area contributed by atoms with Gasteiger partial charge in [0.1, 0.15) is 0 Å². The van der Waals surface area contributed by atoms with E-state index >= 15 is 0 Å². The van der Waals surface area contributed by atoms with Crippen molar-refractivity contribution in [3.8, 4) is 0 Å². The molecule has 0 aliphatic rings. The van der Waals surface area contributed by atoms with Crippen LogP contribution in [-0.4, -0.2) is 48.6 Å². The Morgan fingerprint density at radius 1 is 1.50 bits per heavy atom. The Morgan fingerprint density at radius 2 is 2.08 bits per heavy atom. The van der Waals surface area contributed by atoms with Crippen LogP contribution in [0.25, 0.3) is 0 Å². The molecular weight excluding hydrogens is 160 g/mol. The zero-order valence-corrected chi connectivity index (χ0v) is 7.33. The summed E-state index contributed by atoms with van der Waals surface area (Å²) in [6.45, 7) is 3.90. The molecule has 0 aliphatic heterocycles. The van der Waals surface area contributed by atoms with Crippen molar-refractivity contribution in [1.29, 1.82) is 0 Å². The highest BCUT2D eigenvalue weighted by Crippen LogP contribution is 1.77. The molecule has 12 heavy (non-hydrogen) atoms. The summed E-state index contributed by atoms with van der Waals surface area (Å²) in [5, 5.41) is 10.4. The van der Waals surface area contributed by atoms with Gasteiger partial charge in [0.25, 0.3) is 0 Å². The average molecular weight is 174 g/mol. The quantitative estimate of drug-likeness (QED) is 0.544. The molecule has 5 nitrogen and oxygen atoms in total. The largest absolute Gasteiger partial charge is 0.474 e. The maximum atomic E-state index is 10.5. The molecule has 0 aromatic rings. The molecule has 0 fully saturated rings. The molecule has 5 heteroatoms. The molecule has 0 radical (unpaired) electrons. The molecule has 0 aromatic heterocycles. The summed E-state index contributed by atoms with van der Waals surface area (Å²) in [5.41, 5.74) is 0. The molecule has 1 amide bonds. The Balaban J connectivity index is 3.44. The van der Waals surface area contributed by atoms with Gasteiger partial charge in [-0.15, -0.1) is 0 Å². The number of rotatable bonds is 4. The van der Waals surface area contributed by atoms with Crippen LogP contribution >= 0.6 is 0 Å². The number of amides is 1. The first-order chi connectivity index (χ1) is 5.57. The lowest BCUT2D eigenvalue weighted by atomic mass is 10.5. The smallest absolute Gasteiger partial charge is 0.394 e. The molecule has 2 N–H and O–H groups in total. The predicted molar refractivity (Wildman–Crippen MR) is 43.8 cm³/mol. The first-order valence-electron chi connectivity index (χ1n) is 3.77. The first-order valence-corrected chi connectivity index (χ1v) is 3.77. The van der Waals surface area contributed by atoms with Crippen LogP contribution in [0.2, 0.25) is 0 Å². The Bertz CT molecular complexity index is 170. The van der Waals surface area contributed by atoms with Crippen molar-refractivity contribution in [2.24, 2.45) is 0 Å². The second-order valence-corrected chi connectivity index (χ2v) is 2.46. The lowest BCUT2D eigenvalue weighted by molar-refractivity contribution is -0.150. The number of hydrogen-bond donors (Lipinski definition) is 2. The minimum Gasteiger partial charge on any atom is -0.474 e. The normalized spacial score (nSPS) is 9.92. The Hall–Kier alpha value is -1.10. The second kappa shape index (κ2) is 5.54. The topological polar surface area (TPSA) is 69.6 Å². The fourth-order valence-electron chi connectivity index (χ4n) is 0.594. The van der Waals surface area contributed by atoms with E-state index in [-0.39, 0.29) is 0 Å².